The molecule has 1 aromatic carbocycles. The van der Waals surface area contributed by atoms with Gasteiger partial charge in [-0.25, -0.2) is 13.4 Å². The van der Waals surface area contributed by atoms with Gasteiger partial charge in [0.2, 0.25) is 10.0 Å². The van der Waals surface area contributed by atoms with Gasteiger partial charge in [0.1, 0.15) is 10.7 Å². The van der Waals surface area contributed by atoms with Crippen molar-refractivity contribution in [3.63, 3.8) is 0 Å². The third kappa shape index (κ3) is 2.40. The first-order chi connectivity index (χ1) is 9.91. The maximum absolute atomic E-state index is 12.7. The molecule has 1 aromatic heterocycles. The molecule has 0 fully saturated rings. The molecule has 0 saturated carbocycles. The highest BCUT2D eigenvalue weighted by Crippen LogP contribution is 2.35. The molecule has 0 saturated heterocycles. The molecule has 0 atom stereocenters. The molecule has 9 heteroatoms. The first kappa shape index (κ1) is 14.6. The summed E-state index contributed by atoms with van der Waals surface area (Å²) in [5, 5.41) is 0.185. The molecule has 0 radical (unpaired) electrons. The van der Waals surface area contributed by atoms with Crippen LogP contribution in [0.25, 0.3) is 0 Å². The van der Waals surface area contributed by atoms with Crippen molar-refractivity contribution in [1.82, 2.24) is 13.9 Å². The Morgan fingerprint density at radius 1 is 1.24 bits per heavy atom. The lowest BCUT2D eigenvalue weighted by molar-refractivity contribution is 0.335. The number of anilines is 1. The SMILES string of the molecule is Nc1c(Cl)ccc(S(=O)(=O)N2CCn3ccnc3C2)c1Cl. The van der Waals surface area contributed by atoms with Crippen molar-refractivity contribution in [2.75, 3.05) is 12.3 Å². The second-order valence-electron chi connectivity index (χ2n) is 4.65. The molecule has 0 bridgehead atoms. The summed E-state index contributed by atoms with van der Waals surface area (Å²) in [6.45, 7) is 1.11. The highest BCUT2D eigenvalue weighted by atomic mass is 35.5. The maximum atomic E-state index is 12.7. The van der Waals surface area contributed by atoms with Crippen molar-refractivity contribution >= 4 is 38.9 Å². The first-order valence-corrected chi connectivity index (χ1v) is 8.34. The number of sulfonamides is 1. The third-order valence-corrected chi connectivity index (χ3v) is 6.16. The van der Waals surface area contributed by atoms with E-state index in [0.29, 0.717) is 18.9 Å². The molecule has 3 rings (SSSR count). The van der Waals surface area contributed by atoms with E-state index >= 15 is 0 Å². The molecule has 1 aliphatic rings. The van der Waals surface area contributed by atoms with Gasteiger partial charge in [0.25, 0.3) is 0 Å². The van der Waals surface area contributed by atoms with Crippen molar-refractivity contribution < 1.29 is 8.42 Å². The van der Waals surface area contributed by atoms with E-state index in [0.717, 1.165) is 0 Å². The lowest BCUT2D eigenvalue weighted by Gasteiger charge is -2.27. The molecule has 2 N–H and O–H groups in total. The molecule has 0 unspecified atom stereocenters. The minimum Gasteiger partial charge on any atom is -0.396 e. The van der Waals surface area contributed by atoms with Crippen molar-refractivity contribution in [2.45, 2.75) is 18.0 Å². The summed E-state index contributed by atoms with van der Waals surface area (Å²) < 4.78 is 28.7. The fourth-order valence-electron chi connectivity index (χ4n) is 2.24. The van der Waals surface area contributed by atoms with Crippen LogP contribution in [0.4, 0.5) is 5.69 Å². The average Bonchev–Trinajstić information content (AvgIpc) is 2.92. The van der Waals surface area contributed by atoms with Crippen LogP contribution in [-0.4, -0.2) is 28.8 Å². The summed E-state index contributed by atoms with van der Waals surface area (Å²) in [4.78, 5) is 4.11. The Balaban J connectivity index is 2.01. The van der Waals surface area contributed by atoms with Gasteiger partial charge in [-0.15, -0.1) is 0 Å². The molecule has 2 heterocycles. The summed E-state index contributed by atoms with van der Waals surface area (Å²) in [5.74, 6) is 0.697. The number of nitrogens with two attached hydrogens (primary N) is 1. The van der Waals surface area contributed by atoms with Gasteiger partial charge in [0.05, 0.1) is 22.3 Å². The molecule has 1 aliphatic heterocycles. The van der Waals surface area contributed by atoms with Crippen LogP contribution in [0.2, 0.25) is 10.0 Å². The summed E-state index contributed by atoms with van der Waals surface area (Å²) in [6.07, 6.45) is 3.48. The summed E-state index contributed by atoms with van der Waals surface area (Å²) in [7, 11) is -3.74. The Morgan fingerprint density at radius 3 is 2.76 bits per heavy atom. The van der Waals surface area contributed by atoms with Crippen LogP contribution < -0.4 is 5.73 Å². The topological polar surface area (TPSA) is 81.2 Å². The maximum Gasteiger partial charge on any atom is 0.245 e. The monoisotopic (exact) mass is 346 g/mol. The summed E-state index contributed by atoms with van der Waals surface area (Å²) in [6, 6.07) is 2.80. The van der Waals surface area contributed by atoms with E-state index in [-0.39, 0.29) is 27.2 Å². The summed E-state index contributed by atoms with van der Waals surface area (Å²) >= 11 is 11.9. The summed E-state index contributed by atoms with van der Waals surface area (Å²) in [5.41, 5.74) is 5.77. The van der Waals surface area contributed by atoms with Gasteiger partial charge in [0.15, 0.2) is 0 Å². The molecule has 21 heavy (non-hydrogen) atoms. The highest BCUT2D eigenvalue weighted by Gasteiger charge is 2.31. The molecular weight excluding hydrogens is 335 g/mol. The zero-order chi connectivity index (χ0) is 15.2. The third-order valence-electron chi connectivity index (χ3n) is 3.42. The van der Waals surface area contributed by atoms with Gasteiger partial charge in [-0.1, -0.05) is 23.2 Å². The standard InChI is InChI=1S/C12H12Cl2N4O2S/c13-8-1-2-9(11(14)12(8)15)21(19,20)18-6-5-17-4-3-16-10(17)7-18/h1-4H,5-7,15H2. The van der Waals surface area contributed by atoms with Crippen LogP contribution in [0.3, 0.4) is 0 Å². The number of rotatable bonds is 2. The van der Waals surface area contributed by atoms with Crippen LogP contribution >= 0.6 is 23.2 Å². The molecule has 0 amide bonds. The minimum absolute atomic E-state index is 0.0360. The van der Waals surface area contributed by atoms with E-state index in [1.807, 2.05) is 10.8 Å². The second kappa shape index (κ2) is 5.17. The predicted molar refractivity (Wildman–Crippen MR) is 80.7 cm³/mol. The van der Waals surface area contributed by atoms with Gasteiger partial charge in [0, 0.05) is 25.5 Å². The van der Waals surface area contributed by atoms with Crippen molar-refractivity contribution in [1.29, 1.82) is 0 Å². The van der Waals surface area contributed by atoms with E-state index in [1.165, 1.54) is 16.4 Å². The van der Waals surface area contributed by atoms with E-state index < -0.39 is 10.0 Å². The van der Waals surface area contributed by atoms with E-state index in [2.05, 4.69) is 4.98 Å². The number of aromatic nitrogens is 2. The smallest absolute Gasteiger partial charge is 0.245 e. The largest absolute Gasteiger partial charge is 0.396 e. The number of hydrogen-bond acceptors (Lipinski definition) is 4. The Hall–Kier alpha value is -1.28. The predicted octanol–water partition coefficient (Wildman–Crippen LogP) is 1.98. The fourth-order valence-corrected chi connectivity index (χ4v) is 4.37. The normalized spacial score (nSPS) is 15.9. The van der Waals surface area contributed by atoms with E-state index in [9.17, 15) is 8.42 Å². The minimum atomic E-state index is -3.74. The van der Waals surface area contributed by atoms with Gasteiger partial charge < -0.3 is 10.3 Å². The Labute approximate surface area is 132 Å². The molecule has 0 aliphatic carbocycles. The Morgan fingerprint density at radius 2 is 2.00 bits per heavy atom. The number of imidazole rings is 1. The van der Waals surface area contributed by atoms with Gasteiger partial charge in [-0.05, 0) is 12.1 Å². The molecular formula is C12H12Cl2N4O2S. The molecule has 0 spiro atoms. The van der Waals surface area contributed by atoms with Crippen molar-refractivity contribution in [3.05, 3.63) is 40.4 Å². The van der Waals surface area contributed by atoms with Gasteiger partial charge in [-0.2, -0.15) is 4.31 Å². The van der Waals surface area contributed by atoms with E-state index in [1.54, 1.807) is 6.20 Å². The number of benzene rings is 1. The lowest BCUT2D eigenvalue weighted by Crippen LogP contribution is -2.38. The number of nitrogen functional groups attached to an aromatic ring is 1. The Bertz CT molecular complexity index is 804. The first-order valence-electron chi connectivity index (χ1n) is 6.15. The molecule has 112 valence electrons. The van der Waals surface area contributed by atoms with Crippen LogP contribution in [0.15, 0.2) is 29.4 Å². The van der Waals surface area contributed by atoms with Gasteiger partial charge >= 0.3 is 0 Å². The molecule has 2 aromatic rings. The number of fused-ring (bicyclic) bond motifs is 1. The highest BCUT2D eigenvalue weighted by molar-refractivity contribution is 7.89. The van der Waals surface area contributed by atoms with Crippen LogP contribution in [-0.2, 0) is 23.1 Å². The Kier molecular flexibility index (Phi) is 3.61. The number of halogens is 2. The zero-order valence-electron chi connectivity index (χ0n) is 10.8. The fraction of sp³-hybridized carbons (Fsp3) is 0.250. The van der Waals surface area contributed by atoms with Crippen molar-refractivity contribution in [3.8, 4) is 0 Å². The van der Waals surface area contributed by atoms with Crippen LogP contribution in [0, 0.1) is 0 Å². The van der Waals surface area contributed by atoms with Crippen LogP contribution in [0.5, 0.6) is 0 Å². The average molecular weight is 347 g/mol. The number of hydrogen-bond donors (Lipinski definition) is 1. The lowest BCUT2D eigenvalue weighted by atomic mass is 10.3. The van der Waals surface area contributed by atoms with Gasteiger partial charge in [-0.3, -0.25) is 0 Å². The number of nitrogens with zero attached hydrogens (tertiary/aromatic N) is 3. The second-order valence-corrected chi connectivity index (χ2v) is 7.34. The quantitative estimate of drug-likeness (QED) is 0.843. The van der Waals surface area contributed by atoms with Crippen molar-refractivity contribution in [2.24, 2.45) is 0 Å². The molecule has 6 nitrogen and oxygen atoms in total. The van der Waals surface area contributed by atoms with Crippen LogP contribution in [0.1, 0.15) is 5.82 Å². The zero-order valence-corrected chi connectivity index (χ0v) is 13.2. The van der Waals surface area contributed by atoms with E-state index in [4.69, 9.17) is 28.9 Å².